The van der Waals surface area contributed by atoms with Crippen LogP contribution in [-0.4, -0.2) is 17.9 Å². The highest BCUT2D eigenvalue weighted by molar-refractivity contribution is 5.87. The van der Waals surface area contributed by atoms with Crippen molar-refractivity contribution in [2.45, 2.75) is 84.7 Å². The minimum absolute atomic E-state index is 0.0146. The molecule has 4 aliphatic carbocycles. The molecule has 24 heavy (non-hydrogen) atoms. The molecule has 7 atom stereocenters. The number of carbonyl (C=O) groups is 2. The van der Waals surface area contributed by atoms with Crippen LogP contribution >= 0.6 is 0 Å². The van der Waals surface area contributed by atoms with E-state index < -0.39 is 0 Å². The molecule has 0 aromatic rings. The highest BCUT2D eigenvalue weighted by atomic mass is 16.5. The van der Waals surface area contributed by atoms with Crippen molar-refractivity contribution < 1.29 is 14.3 Å². The quantitative estimate of drug-likeness (QED) is 0.663. The fraction of sp³-hybridized carbons (Fsp3) is 0.905. The van der Waals surface area contributed by atoms with E-state index >= 15 is 0 Å². The van der Waals surface area contributed by atoms with E-state index in [1.807, 2.05) is 0 Å². The number of rotatable bonds is 1. The van der Waals surface area contributed by atoms with Crippen molar-refractivity contribution in [2.75, 3.05) is 0 Å². The Labute approximate surface area is 145 Å². The van der Waals surface area contributed by atoms with Gasteiger partial charge in [0.15, 0.2) is 0 Å². The molecule has 0 aromatic heterocycles. The summed E-state index contributed by atoms with van der Waals surface area (Å²) in [5.41, 5.74) is 0.381. The average Bonchev–Trinajstić information content (AvgIpc) is 2.83. The van der Waals surface area contributed by atoms with E-state index in [0.717, 1.165) is 43.9 Å². The van der Waals surface area contributed by atoms with Gasteiger partial charge in [0.25, 0.3) is 0 Å². The Morgan fingerprint density at radius 3 is 2.58 bits per heavy atom. The van der Waals surface area contributed by atoms with Crippen LogP contribution in [0.4, 0.5) is 0 Å². The van der Waals surface area contributed by atoms with Gasteiger partial charge in [-0.25, -0.2) is 0 Å². The van der Waals surface area contributed by atoms with Gasteiger partial charge in [-0.15, -0.1) is 0 Å². The first-order valence-corrected chi connectivity index (χ1v) is 10.0. The van der Waals surface area contributed by atoms with Crippen LogP contribution in [0.2, 0.25) is 0 Å². The van der Waals surface area contributed by atoms with Crippen LogP contribution in [0.1, 0.15) is 78.6 Å². The SMILES string of the molecule is CC(=O)O[C@@H]1CC[C@@]2(C)[C@@H](CC[C@H]3[C@H]4CCC(=O)[C@@]4(C)CC[C@@H]32)C1. The van der Waals surface area contributed by atoms with Crippen molar-refractivity contribution in [1.29, 1.82) is 0 Å². The summed E-state index contributed by atoms with van der Waals surface area (Å²) in [6, 6.07) is 0. The van der Waals surface area contributed by atoms with Crippen molar-refractivity contribution >= 4 is 11.8 Å². The summed E-state index contributed by atoms with van der Waals surface area (Å²) in [4.78, 5) is 23.8. The summed E-state index contributed by atoms with van der Waals surface area (Å²) >= 11 is 0. The van der Waals surface area contributed by atoms with Gasteiger partial charge in [0.1, 0.15) is 11.9 Å². The Morgan fingerprint density at radius 2 is 1.83 bits per heavy atom. The molecule has 4 fully saturated rings. The highest BCUT2D eigenvalue weighted by Crippen LogP contribution is 2.65. The Morgan fingerprint density at radius 1 is 1.04 bits per heavy atom. The van der Waals surface area contributed by atoms with Crippen LogP contribution in [0, 0.1) is 34.5 Å². The molecule has 0 spiro atoms. The molecule has 0 aromatic carbocycles. The van der Waals surface area contributed by atoms with Crippen LogP contribution in [0.15, 0.2) is 0 Å². The van der Waals surface area contributed by atoms with E-state index in [0.29, 0.717) is 23.0 Å². The van der Waals surface area contributed by atoms with Gasteiger partial charge in [0, 0.05) is 18.8 Å². The topological polar surface area (TPSA) is 43.4 Å². The summed E-state index contributed by atoms with van der Waals surface area (Å²) < 4.78 is 5.54. The van der Waals surface area contributed by atoms with Gasteiger partial charge in [0.05, 0.1) is 0 Å². The summed E-state index contributed by atoms with van der Waals surface area (Å²) in [6.45, 7) is 6.30. The number of fused-ring (bicyclic) bond motifs is 5. The monoisotopic (exact) mass is 332 g/mol. The lowest BCUT2D eigenvalue weighted by atomic mass is 9.45. The smallest absolute Gasteiger partial charge is 0.302 e. The van der Waals surface area contributed by atoms with Gasteiger partial charge >= 0.3 is 5.97 Å². The predicted molar refractivity (Wildman–Crippen MR) is 92.3 cm³/mol. The molecule has 0 heterocycles. The predicted octanol–water partition coefficient (Wildman–Crippen LogP) is 4.53. The zero-order chi connectivity index (χ0) is 17.1. The molecular weight excluding hydrogens is 300 g/mol. The largest absolute Gasteiger partial charge is 0.463 e. The van der Waals surface area contributed by atoms with Crippen molar-refractivity contribution in [3.63, 3.8) is 0 Å². The molecule has 0 aliphatic heterocycles. The van der Waals surface area contributed by atoms with E-state index in [2.05, 4.69) is 13.8 Å². The van der Waals surface area contributed by atoms with E-state index in [-0.39, 0.29) is 17.5 Å². The number of carbonyl (C=O) groups excluding carboxylic acids is 2. The van der Waals surface area contributed by atoms with Crippen LogP contribution in [0.3, 0.4) is 0 Å². The first-order valence-electron chi connectivity index (χ1n) is 10.0. The fourth-order valence-corrected chi connectivity index (χ4v) is 7.33. The average molecular weight is 332 g/mol. The van der Waals surface area contributed by atoms with E-state index in [1.165, 1.54) is 32.6 Å². The molecule has 0 amide bonds. The molecule has 4 saturated carbocycles. The number of esters is 1. The van der Waals surface area contributed by atoms with Gasteiger partial charge in [0.2, 0.25) is 0 Å². The number of Topliss-reactive ketones (excluding diaryl/α,β-unsaturated/α-hetero) is 1. The van der Waals surface area contributed by atoms with Crippen molar-refractivity contribution in [3.8, 4) is 0 Å². The third-order valence-electron chi connectivity index (χ3n) is 8.66. The number of hydrogen-bond acceptors (Lipinski definition) is 3. The maximum absolute atomic E-state index is 12.5. The number of ether oxygens (including phenoxy) is 1. The molecule has 3 nitrogen and oxygen atoms in total. The standard InChI is InChI=1S/C21H32O3/c1-13(22)24-15-8-10-20(2)14(12-15)4-5-16-17-6-7-19(23)21(17,3)11-9-18(16)20/h14-18H,4-12H2,1-3H3/t14-,15+,16-,17+,18-,20-,21-/m0/s1. The lowest BCUT2D eigenvalue weighted by molar-refractivity contribution is -0.160. The minimum Gasteiger partial charge on any atom is -0.463 e. The van der Waals surface area contributed by atoms with Gasteiger partial charge in [-0.2, -0.15) is 0 Å². The highest BCUT2D eigenvalue weighted by Gasteiger charge is 2.60. The van der Waals surface area contributed by atoms with Crippen LogP contribution in [0.5, 0.6) is 0 Å². The maximum atomic E-state index is 12.5. The van der Waals surface area contributed by atoms with E-state index in [4.69, 9.17) is 4.74 Å². The Kier molecular flexibility index (Phi) is 3.85. The summed E-state index contributed by atoms with van der Waals surface area (Å²) in [6.07, 6.45) is 10.2. The Bertz CT molecular complexity index is 555. The Hall–Kier alpha value is -0.860. The maximum Gasteiger partial charge on any atom is 0.302 e. The van der Waals surface area contributed by atoms with Crippen molar-refractivity contribution in [3.05, 3.63) is 0 Å². The van der Waals surface area contributed by atoms with Gasteiger partial charge < -0.3 is 4.74 Å². The summed E-state index contributed by atoms with van der Waals surface area (Å²) in [5, 5.41) is 0. The minimum atomic E-state index is -0.129. The van der Waals surface area contributed by atoms with E-state index in [1.54, 1.807) is 0 Å². The lowest BCUT2D eigenvalue weighted by Crippen LogP contribution is -2.54. The molecule has 4 rings (SSSR count). The zero-order valence-corrected chi connectivity index (χ0v) is 15.5. The van der Waals surface area contributed by atoms with Crippen LogP contribution < -0.4 is 0 Å². The third-order valence-corrected chi connectivity index (χ3v) is 8.66. The Balaban J connectivity index is 1.54. The zero-order valence-electron chi connectivity index (χ0n) is 15.5. The van der Waals surface area contributed by atoms with Gasteiger partial charge in [-0.05, 0) is 80.5 Å². The van der Waals surface area contributed by atoms with Gasteiger partial charge in [-0.1, -0.05) is 13.8 Å². The van der Waals surface area contributed by atoms with Crippen LogP contribution in [0.25, 0.3) is 0 Å². The first-order chi connectivity index (χ1) is 11.3. The molecule has 0 N–H and O–H groups in total. The molecular formula is C21H32O3. The molecule has 0 radical (unpaired) electrons. The summed E-state index contributed by atoms with van der Waals surface area (Å²) in [5.74, 6) is 3.26. The van der Waals surface area contributed by atoms with E-state index in [9.17, 15) is 9.59 Å². The molecule has 3 heteroatoms. The van der Waals surface area contributed by atoms with Crippen molar-refractivity contribution in [1.82, 2.24) is 0 Å². The fourth-order valence-electron chi connectivity index (χ4n) is 7.33. The molecule has 134 valence electrons. The molecule has 0 bridgehead atoms. The summed E-state index contributed by atoms with van der Waals surface area (Å²) in [7, 11) is 0. The van der Waals surface area contributed by atoms with Crippen LogP contribution in [-0.2, 0) is 14.3 Å². The second-order valence-electron chi connectivity index (χ2n) is 9.58. The van der Waals surface area contributed by atoms with Crippen molar-refractivity contribution in [2.24, 2.45) is 34.5 Å². The molecule has 4 aliphatic rings. The second kappa shape index (κ2) is 5.57. The third kappa shape index (κ3) is 2.29. The molecule has 0 unspecified atom stereocenters. The normalized spacial score (nSPS) is 50.6. The number of ketones is 1. The lowest BCUT2D eigenvalue weighted by Gasteiger charge is -2.60. The number of hydrogen-bond donors (Lipinski definition) is 0. The second-order valence-corrected chi connectivity index (χ2v) is 9.58. The first kappa shape index (κ1) is 16.6. The molecule has 0 saturated heterocycles. The van der Waals surface area contributed by atoms with Gasteiger partial charge in [-0.3, -0.25) is 9.59 Å².